The minimum atomic E-state index is 0.527. The maximum atomic E-state index is 5.32. The maximum absolute atomic E-state index is 5.32. The zero-order valence-electron chi connectivity index (χ0n) is 7.16. The van der Waals surface area contributed by atoms with Crippen molar-refractivity contribution in [3.63, 3.8) is 0 Å². The molecule has 13 heavy (non-hydrogen) atoms. The van der Waals surface area contributed by atoms with Crippen LogP contribution in [0.1, 0.15) is 0 Å². The average Bonchev–Trinajstić information content (AvgIpc) is 2.49. The van der Waals surface area contributed by atoms with Gasteiger partial charge in [-0.3, -0.25) is 0 Å². The van der Waals surface area contributed by atoms with Crippen LogP contribution >= 0.6 is 0 Å². The second-order valence-corrected chi connectivity index (χ2v) is 2.75. The van der Waals surface area contributed by atoms with Gasteiger partial charge >= 0.3 is 0 Å². The summed E-state index contributed by atoms with van der Waals surface area (Å²) in [5.41, 5.74) is 1.47. The normalized spacial score (nSPS) is 10.2. The Morgan fingerprint density at radius 2 is 1.77 bits per heavy atom. The van der Waals surface area contributed by atoms with Crippen molar-refractivity contribution < 1.29 is 4.42 Å². The van der Waals surface area contributed by atoms with Crippen molar-refractivity contribution >= 4 is 13.2 Å². The molecule has 1 heterocycles. The molecular weight excluding hydrogens is 162 g/mol. The van der Waals surface area contributed by atoms with E-state index in [0.29, 0.717) is 16.7 Å². The summed E-state index contributed by atoms with van der Waals surface area (Å²) in [5, 5.41) is 0.596. The minimum absolute atomic E-state index is 0.527. The van der Waals surface area contributed by atoms with Crippen LogP contribution in [-0.2, 0) is 0 Å². The fourth-order valence-corrected chi connectivity index (χ4v) is 1.09. The van der Waals surface area contributed by atoms with E-state index in [1.807, 2.05) is 30.3 Å². The summed E-state index contributed by atoms with van der Waals surface area (Å²) in [7, 11) is 0. The van der Waals surface area contributed by atoms with Gasteiger partial charge in [0.25, 0.3) is 0 Å². The molecule has 0 aliphatic heterocycles. The number of hydrogen-bond donors (Lipinski definition) is 0. The molecule has 0 atom stereocenters. The van der Waals surface area contributed by atoms with Gasteiger partial charge in [0, 0.05) is 5.56 Å². The van der Waals surface area contributed by atoms with Crippen molar-refractivity contribution in [2.75, 3.05) is 0 Å². The number of oxazole rings is 1. The molecule has 0 spiro atoms. The summed E-state index contributed by atoms with van der Waals surface area (Å²) >= 11 is 0. The summed E-state index contributed by atoms with van der Waals surface area (Å²) in [5.74, 6) is 0.579. The van der Waals surface area contributed by atoms with Gasteiger partial charge in [0.05, 0.1) is 0 Å². The first kappa shape index (κ1) is 7.80. The van der Waals surface area contributed by atoms with Crippen LogP contribution < -0.4 is 10.8 Å². The van der Waals surface area contributed by atoms with Crippen LogP contribution in [-0.4, -0.2) is 4.98 Å². The van der Waals surface area contributed by atoms with E-state index >= 15 is 0 Å². The first-order valence-corrected chi connectivity index (χ1v) is 3.97. The predicted octanol–water partition coefficient (Wildman–Crippen LogP) is 1.16. The maximum Gasteiger partial charge on any atom is 0.227 e. The molecule has 64 valence electrons. The SMILES string of the molecule is C=c1nc(-c2ccccc2)oc1=C. The number of nitrogens with zero attached hydrogens (tertiary/aromatic N) is 1. The Labute approximate surface area is 75.9 Å². The van der Waals surface area contributed by atoms with E-state index in [2.05, 4.69) is 18.1 Å². The molecular formula is C11H9NO. The molecule has 0 saturated carbocycles. The molecule has 0 aliphatic rings. The van der Waals surface area contributed by atoms with E-state index in [0.717, 1.165) is 5.56 Å². The number of benzene rings is 1. The molecule has 1 aromatic heterocycles. The number of hydrogen-bond acceptors (Lipinski definition) is 2. The van der Waals surface area contributed by atoms with E-state index in [1.165, 1.54) is 0 Å². The highest BCUT2D eigenvalue weighted by Crippen LogP contribution is 2.12. The Hall–Kier alpha value is -1.83. The van der Waals surface area contributed by atoms with Gasteiger partial charge in [0.2, 0.25) is 5.89 Å². The Morgan fingerprint density at radius 1 is 1.08 bits per heavy atom. The van der Waals surface area contributed by atoms with Gasteiger partial charge in [-0.1, -0.05) is 31.4 Å². The molecule has 0 N–H and O–H groups in total. The molecule has 0 fully saturated rings. The van der Waals surface area contributed by atoms with Gasteiger partial charge in [-0.05, 0) is 12.1 Å². The fourth-order valence-electron chi connectivity index (χ4n) is 1.09. The molecule has 2 aromatic rings. The number of aromatic nitrogens is 1. The Morgan fingerprint density at radius 3 is 2.31 bits per heavy atom. The third kappa shape index (κ3) is 1.38. The van der Waals surface area contributed by atoms with Crippen LogP contribution in [0.15, 0.2) is 34.7 Å². The molecule has 0 unspecified atom stereocenters. The average molecular weight is 171 g/mol. The van der Waals surface area contributed by atoms with Crippen molar-refractivity contribution in [2.45, 2.75) is 0 Å². The predicted molar refractivity (Wildman–Crippen MR) is 52.2 cm³/mol. The molecule has 2 heteroatoms. The fraction of sp³-hybridized carbons (Fsp3) is 0. The van der Waals surface area contributed by atoms with Gasteiger partial charge in [-0.15, -0.1) is 0 Å². The van der Waals surface area contributed by atoms with E-state index in [1.54, 1.807) is 0 Å². The van der Waals surface area contributed by atoms with E-state index in [4.69, 9.17) is 4.42 Å². The zero-order valence-corrected chi connectivity index (χ0v) is 7.16. The summed E-state index contributed by atoms with van der Waals surface area (Å²) in [6.07, 6.45) is 0. The van der Waals surface area contributed by atoms with Gasteiger partial charge in [-0.25, -0.2) is 4.98 Å². The van der Waals surface area contributed by atoms with E-state index in [-0.39, 0.29) is 0 Å². The summed E-state index contributed by atoms with van der Waals surface area (Å²) in [6, 6.07) is 9.69. The highest BCUT2D eigenvalue weighted by molar-refractivity contribution is 5.52. The lowest BCUT2D eigenvalue weighted by atomic mass is 10.2. The van der Waals surface area contributed by atoms with Crippen molar-refractivity contribution in [3.05, 3.63) is 41.1 Å². The molecule has 2 nitrogen and oxygen atoms in total. The Bertz CT molecular complexity index is 471. The molecule has 0 aliphatic carbocycles. The lowest BCUT2D eigenvalue weighted by Crippen LogP contribution is -2.17. The molecule has 0 saturated heterocycles. The van der Waals surface area contributed by atoms with Crippen LogP contribution in [0.4, 0.5) is 0 Å². The highest BCUT2D eigenvalue weighted by atomic mass is 16.3. The van der Waals surface area contributed by atoms with Crippen LogP contribution in [0.5, 0.6) is 0 Å². The lowest BCUT2D eigenvalue weighted by Gasteiger charge is -1.91. The van der Waals surface area contributed by atoms with E-state index in [9.17, 15) is 0 Å². The third-order valence-corrected chi connectivity index (χ3v) is 1.80. The Kier molecular flexibility index (Phi) is 1.74. The molecule has 0 bridgehead atoms. The summed E-state index contributed by atoms with van der Waals surface area (Å²) in [4.78, 5) is 4.14. The summed E-state index contributed by atoms with van der Waals surface area (Å²) in [6.45, 7) is 7.37. The first-order chi connectivity index (χ1) is 6.27. The van der Waals surface area contributed by atoms with Gasteiger partial charge in [0.1, 0.15) is 10.8 Å². The smallest absolute Gasteiger partial charge is 0.227 e. The second kappa shape index (κ2) is 2.90. The molecule has 0 amide bonds. The lowest BCUT2D eigenvalue weighted by molar-refractivity contribution is 0.542. The van der Waals surface area contributed by atoms with Crippen LogP contribution in [0, 0.1) is 0 Å². The van der Waals surface area contributed by atoms with Crippen LogP contribution in [0.25, 0.3) is 24.6 Å². The number of rotatable bonds is 1. The third-order valence-electron chi connectivity index (χ3n) is 1.80. The van der Waals surface area contributed by atoms with Crippen molar-refractivity contribution in [1.82, 2.24) is 4.98 Å². The molecule has 1 aromatic carbocycles. The van der Waals surface area contributed by atoms with Crippen LogP contribution in [0.3, 0.4) is 0 Å². The largest absolute Gasteiger partial charge is 0.437 e. The quantitative estimate of drug-likeness (QED) is 0.643. The molecule has 2 rings (SSSR count). The van der Waals surface area contributed by atoms with Gasteiger partial charge < -0.3 is 4.42 Å². The topological polar surface area (TPSA) is 26.0 Å². The standard InChI is InChI=1S/C11H9NO/c1-8-9(2)13-11(12-8)10-6-4-3-5-7-10/h3-7H,1-2H2. The van der Waals surface area contributed by atoms with Gasteiger partial charge in [0.15, 0.2) is 0 Å². The first-order valence-electron chi connectivity index (χ1n) is 3.97. The van der Waals surface area contributed by atoms with Crippen molar-refractivity contribution in [3.8, 4) is 11.5 Å². The van der Waals surface area contributed by atoms with Crippen LogP contribution in [0.2, 0.25) is 0 Å². The highest BCUT2D eigenvalue weighted by Gasteiger charge is 2.01. The van der Waals surface area contributed by atoms with E-state index < -0.39 is 0 Å². The monoisotopic (exact) mass is 171 g/mol. The van der Waals surface area contributed by atoms with Crippen molar-refractivity contribution in [2.24, 2.45) is 0 Å². The molecule has 0 radical (unpaired) electrons. The van der Waals surface area contributed by atoms with Gasteiger partial charge in [-0.2, -0.15) is 0 Å². The second-order valence-electron chi connectivity index (χ2n) is 2.75. The Balaban J connectivity index is 2.60. The summed E-state index contributed by atoms with van der Waals surface area (Å²) < 4.78 is 5.32. The van der Waals surface area contributed by atoms with Crippen molar-refractivity contribution in [1.29, 1.82) is 0 Å². The minimum Gasteiger partial charge on any atom is -0.437 e. The zero-order chi connectivity index (χ0) is 9.26.